The minimum atomic E-state index is 0.604. The smallest absolute Gasteiger partial charge is 0.169 e. The molecule has 0 aliphatic carbocycles. The second-order valence-corrected chi connectivity index (χ2v) is 3.24. The second-order valence-electron chi connectivity index (χ2n) is 2.86. The van der Waals surface area contributed by atoms with E-state index in [4.69, 9.17) is 16.3 Å². The van der Waals surface area contributed by atoms with Crippen LogP contribution >= 0.6 is 11.6 Å². The number of aryl methyl sites for hydroxylation is 1. The third-order valence-corrected chi connectivity index (χ3v) is 2.11. The van der Waals surface area contributed by atoms with E-state index in [-0.39, 0.29) is 0 Å². The fourth-order valence-corrected chi connectivity index (χ4v) is 1.49. The minimum Gasteiger partial charge on any atom is -0.488 e. The van der Waals surface area contributed by atoms with E-state index in [2.05, 4.69) is 10.3 Å². The number of nitrogens with one attached hydrogen (secondary N) is 1. The first-order valence-corrected chi connectivity index (χ1v) is 4.86. The van der Waals surface area contributed by atoms with E-state index in [9.17, 15) is 0 Å². The zero-order valence-electron chi connectivity index (χ0n) is 7.22. The molecule has 4 heteroatoms. The SMILES string of the molecule is ClCCc1ccc2c(n1)NCCO2. The predicted octanol–water partition coefficient (Wildman–Crippen LogP) is 1.67. The molecule has 1 aromatic rings. The third-order valence-electron chi connectivity index (χ3n) is 1.92. The summed E-state index contributed by atoms with van der Waals surface area (Å²) in [6, 6.07) is 3.89. The molecule has 0 atom stereocenters. The van der Waals surface area contributed by atoms with Gasteiger partial charge in [0.2, 0.25) is 0 Å². The molecule has 0 amide bonds. The first kappa shape index (κ1) is 8.63. The Kier molecular flexibility index (Phi) is 2.54. The van der Waals surface area contributed by atoms with Crippen LogP contribution in [0.4, 0.5) is 5.82 Å². The number of fused-ring (bicyclic) bond motifs is 1. The normalized spacial score (nSPS) is 14.2. The largest absolute Gasteiger partial charge is 0.488 e. The Labute approximate surface area is 82.1 Å². The van der Waals surface area contributed by atoms with Crippen LogP contribution in [-0.4, -0.2) is 24.0 Å². The molecular weight excluding hydrogens is 188 g/mol. The molecule has 0 aromatic carbocycles. The Morgan fingerprint density at radius 1 is 1.54 bits per heavy atom. The van der Waals surface area contributed by atoms with E-state index < -0.39 is 0 Å². The molecule has 0 saturated heterocycles. The zero-order valence-corrected chi connectivity index (χ0v) is 7.97. The Morgan fingerprint density at radius 2 is 2.46 bits per heavy atom. The van der Waals surface area contributed by atoms with Crippen molar-refractivity contribution in [3.05, 3.63) is 17.8 Å². The van der Waals surface area contributed by atoms with Gasteiger partial charge in [0.15, 0.2) is 11.6 Å². The number of nitrogens with zero attached hydrogens (tertiary/aromatic N) is 1. The van der Waals surface area contributed by atoms with Crippen molar-refractivity contribution in [2.24, 2.45) is 0 Å². The average molecular weight is 199 g/mol. The summed E-state index contributed by atoms with van der Waals surface area (Å²) in [5.41, 5.74) is 1.01. The van der Waals surface area contributed by atoms with Gasteiger partial charge in [-0.15, -0.1) is 11.6 Å². The third kappa shape index (κ3) is 1.86. The summed E-state index contributed by atoms with van der Waals surface area (Å²) < 4.78 is 5.40. The molecule has 0 bridgehead atoms. The topological polar surface area (TPSA) is 34.2 Å². The highest BCUT2D eigenvalue weighted by Crippen LogP contribution is 2.24. The van der Waals surface area contributed by atoms with Crippen molar-refractivity contribution in [1.29, 1.82) is 0 Å². The van der Waals surface area contributed by atoms with Crippen molar-refractivity contribution in [2.45, 2.75) is 6.42 Å². The molecule has 3 nitrogen and oxygen atoms in total. The fourth-order valence-electron chi connectivity index (χ4n) is 1.30. The van der Waals surface area contributed by atoms with E-state index in [0.29, 0.717) is 12.5 Å². The van der Waals surface area contributed by atoms with E-state index in [1.807, 2.05) is 12.1 Å². The van der Waals surface area contributed by atoms with Gasteiger partial charge in [-0.05, 0) is 12.1 Å². The van der Waals surface area contributed by atoms with Gasteiger partial charge in [0.1, 0.15) is 6.61 Å². The van der Waals surface area contributed by atoms with Crippen molar-refractivity contribution in [3.63, 3.8) is 0 Å². The van der Waals surface area contributed by atoms with Gasteiger partial charge in [-0.2, -0.15) is 0 Å². The highest BCUT2D eigenvalue weighted by molar-refractivity contribution is 6.17. The summed E-state index contributed by atoms with van der Waals surface area (Å²) in [6.45, 7) is 1.54. The van der Waals surface area contributed by atoms with Crippen LogP contribution in [0.5, 0.6) is 5.75 Å². The predicted molar refractivity (Wildman–Crippen MR) is 52.6 cm³/mol. The van der Waals surface area contributed by atoms with Crippen LogP contribution in [-0.2, 0) is 6.42 Å². The molecule has 1 aromatic heterocycles. The molecule has 1 aliphatic rings. The molecule has 0 fully saturated rings. The summed E-state index contributed by atoms with van der Waals surface area (Å²) >= 11 is 5.63. The van der Waals surface area contributed by atoms with Crippen LogP contribution in [0.1, 0.15) is 5.69 Å². The van der Waals surface area contributed by atoms with Crippen LogP contribution in [0.25, 0.3) is 0 Å². The summed E-state index contributed by atoms with van der Waals surface area (Å²) in [7, 11) is 0. The number of anilines is 1. The average Bonchev–Trinajstić information content (AvgIpc) is 2.18. The summed E-state index contributed by atoms with van der Waals surface area (Å²) in [5, 5.41) is 3.18. The summed E-state index contributed by atoms with van der Waals surface area (Å²) in [5.74, 6) is 2.28. The maximum atomic E-state index is 5.63. The van der Waals surface area contributed by atoms with Gasteiger partial charge in [0, 0.05) is 18.0 Å². The molecule has 1 N–H and O–H groups in total. The van der Waals surface area contributed by atoms with Crippen molar-refractivity contribution >= 4 is 17.4 Å². The zero-order chi connectivity index (χ0) is 9.10. The lowest BCUT2D eigenvalue weighted by atomic mass is 10.2. The van der Waals surface area contributed by atoms with Gasteiger partial charge < -0.3 is 10.1 Å². The monoisotopic (exact) mass is 198 g/mol. The van der Waals surface area contributed by atoms with Crippen molar-refractivity contribution in [2.75, 3.05) is 24.3 Å². The maximum Gasteiger partial charge on any atom is 0.169 e. The van der Waals surface area contributed by atoms with Crippen molar-refractivity contribution in [1.82, 2.24) is 4.98 Å². The number of aromatic nitrogens is 1. The van der Waals surface area contributed by atoms with Gasteiger partial charge in [0.05, 0.1) is 6.54 Å². The van der Waals surface area contributed by atoms with Gasteiger partial charge in [0.25, 0.3) is 0 Å². The van der Waals surface area contributed by atoms with Crippen molar-refractivity contribution in [3.8, 4) is 5.75 Å². The Bertz CT molecular complexity index is 304. The van der Waals surface area contributed by atoms with E-state index in [1.165, 1.54) is 0 Å². The maximum absolute atomic E-state index is 5.63. The van der Waals surface area contributed by atoms with Crippen molar-refractivity contribution < 1.29 is 4.74 Å². The lowest BCUT2D eigenvalue weighted by Gasteiger charge is -2.18. The van der Waals surface area contributed by atoms with Gasteiger partial charge in [-0.25, -0.2) is 4.98 Å². The van der Waals surface area contributed by atoms with Crippen LogP contribution in [0.15, 0.2) is 12.1 Å². The van der Waals surface area contributed by atoms with Gasteiger partial charge in [-0.3, -0.25) is 0 Å². The molecule has 0 saturated carbocycles. The van der Waals surface area contributed by atoms with Crippen LogP contribution in [0.2, 0.25) is 0 Å². The molecule has 2 heterocycles. The molecule has 0 unspecified atom stereocenters. The lowest BCUT2D eigenvalue weighted by Crippen LogP contribution is -2.19. The fraction of sp³-hybridized carbons (Fsp3) is 0.444. The number of rotatable bonds is 2. The highest BCUT2D eigenvalue weighted by atomic mass is 35.5. The molecule has 0 spiro atoms. The Balaban J connectivity index is 2.24. The van der Waals surface area contributed by atoms with E-state index >= 15 is 0 Å². The summed E-state index contributed by atoms with van der Waals surface area (Å²) in [4.78, 5) is 4.38. The number of hydrogen-bond acceptors (Lipinski definition) is 3. The molecule has 70 valence electrons. The number of alkyl halides is 1. The quantitative estimate of drug-likeness (QED) is 0.735. The number of pyridine rings is 1. The molecule has 0 radical (unpaired) electrons. The summed E-state index contributed by atoms with van der Waals surface area (Å²) in [6.07, 6.45) is 0.802. The number of hydrogen-bond donors (Lipinski definition) is 1. The Hall–Kier alpha value is -0.960. The molecule has 13 heavy (non-hydrogen) atoms. The van der Waals surface area contributed by atoms with Crippen LogP contribution in [0, 0.1) is 0 Å². The second kappa shape index (κ2) is 3.83. The molecule has 2 rings (SSSR count). The van der Waals surface area contributed by atoms with Gasteiger partial charge in [-0.1, -0.05) is 0 Å². The number of halogens is 1. The first-order valence-electron chi connectivity index (χ1n) is 4.33. The molecular formula is C9H11ClN2O. The van der Waals surface area contributed by atoms with Crippen LogP contribution < -0.4 is 10.1 Å². The highest BCUT2D eigenvalue weighted by Gasteiger charge is 2.10. The minimum absolute atomic E-state index is 0.604. The standard InChI is InChI=1S/C9H11ClN2O/c10-4-3-7-1-2-8-9(12-7)11-5-6-13-8/h1-2H,3-6H2,(H,11,12). The lowest BCUT2D eigenvalue weighted by molar-refractivity contribution is 0.321. The first-order chi connectivity index (χ1) is 6.40. The number of ether oxygens (including phenoxy) is 1. The van der Waals surface area contributed by atoms with Crippen LogP contribution in [0.3, 0.4) is 0 Å². The van der Waals surface area contributed by atoms with E-state index in [0.717, 1.165) is 30.2 Å². The van der Waals surface area contributed by atoms with Gasteiger partial charge >= 0.3 is 0 Å². The van der Waals surface area contributed by atoms with E-state index in [1.54, 1.807) is 0 Å². The molecule has 1 aliphatic heterocycles. The Morgan fingerprint density at radius 3 is 3.31 bits per heavy atom.